The zero-order valence-corrected chi connectivity index (χ0v) is 23.6. The normalized spacial score (nSPS) is 22.0. The zero-order valence-electron chi connectivity index (χ0n) is 20.8. The Morgan fingerprint density at radius 1 is 1.13 bits per heavy atom. The zero-order chi connectivity index (χ0) is 26.5. The molecule has 3 aromatic rings. The van der Waals surface area contributed by atoms with Gasteiger partial charge in [-0.1, -0.05) is 30.3 Å². The summed E-state index contributed by atoms with van der Waals surface area (Å²) in [7, 11) is 0. The van der Waals surface area contributed by atoms with Crippen molar-refractivity contribution in [3.63, 3.8) is 0 Å². The van der Waals surface area contributed by atoms with E-state index in [1.54, 1.807) is 56.3 Å². The second-order valence-electron chi connectivity index (χ2n) is 9.31. The number of aromatic amines is 1. The first-order valence-electron chi connectivity index (χ1n) is 11.4. The van der Waals surface area contributed by atoms with Crippen molar-refractivity contribution >= 4 is 46.5 Å². The van der Waals surface area contributed by atoms with Crippen molar-refractivity contribution in [3.05, 3.63) is 76.2 Å². The monoisotopic (exact) mass is 543 g/mol. The minimum absolute atomic E-state index is 0. The number of rotatable bonds is 6. The third-order valence-electron chi connectivity index (χ3n) is 6.52. The molecule has 3 amide bonds. The Balaban J connectivity index is 0.00000336. The number of hydrogen-bond acceptors (Lipinski definition) is 8. The molecule has 0 aliphatic carbocycles. The van der Waals surface area contributed by atoms with E-state index < -0.39 is 57.4 Å². The fourth-order valence-electron chi connectivity index (χ4n) is 4.73. The number of thioether (sulfide) groups is 1. The first-order valence-corrected chi connectivity index (χ1v) is 12.3. The van der Waals surface area contributed by atoms with Gasteiger partial charge in [-0.25, -0.2) is 0 Å². The number of carbonyl (C=O) groups is 4. The van der Waals surface area contributed by atoms with Crippen LogP contribution in [0.15, 0.2) is 59.7 Å². The van der Waals surface area contributed by atoms with Crippen LogP contribution in [0.25, 0.3) is 11.0 Å². The van der Waals surface area contributed by atoms with E-state index in [2.05, 4.69) is 20.6 Å². The van der Waals surface area contributed by atoms with Crippen LogP contribution in [-0.4, -0.2) is 60.8 Å². The molecule has 190 valence electrons. The Morgan fingerprint density at radius 2 is 1.84 bits per heavy atom. The van der Waals surface area contributed by atoms with Crippen LogP contribution in [0.2, 0.25) is 0 Å². The van der Waals surface area contributed by atoms with E-state index in [0.29, 0.717) is 11.1 Å². The number of carbonyl (C=O) groups excluding carboxylic acids is 4. The first-order chi connectivity index (χ1) is 17.6. The number of nitrogens with zero attached hydrogens (tertiary/aromatic N) is 2. The average molecular weight is 544 g/mol. The fourth-order valence-corrected chi connectivity index (χ4v) is 6.35. The summed E-state index contributed by atoms with van der Waals surface area (Å²) in [6.07, 6.45) is 2.69. The molecule has 1 aromatic carbocycles. The minimum Gasteiger partial charge on any atom is -0.548 e. The van der Waals surface area contributed by atoms with Gasteiger partial charge in [0.2, 0.25) is 17.2 Å². The van der Waals surface area contributed by atoms with Gasteiger partial charge in [-0.05, 0) is 31.5 Å². The summed E-state index contributed by atoms with van der Waals surface area (Å²) in [6.45, 7) is 3.40. The van der Waals surface area contributed by atoms with Gasteiger partial charge in [-0.2, -0.15) is 0 Å². The molecule has 2 aliphatic rings. The number of aliphatic carboxylic acids is 1. The molecule has 38 heavy (non-hydrogen) atoms. The van der Waals surface area contributed by atoms with Gasteiger partial charge in [0.05, 0.1) is 17.5 Å². The molecule has 11 nitrogen and oxygen atoms in total. The standard InChI is InChI=1S/C25H23N5O6S.Na/c1-25(2)19(24(35)36)30-22(34)17(23(30)37-25)29-21(33)15(12-7-4-3-5-8-12)28-20(32)13-11-27-14-9-6-10-26-16(14)18(13)31;/h3-11,15,17,19,23H,1-2H3,(H,27,31)(H,28,32)(H,29,33)(H,35,36);/q;+1/p-1/t15-,17+,19-,23+;/m1./s1. The van der Waals surface area contributed by atoms with Crippen LogP contribution < -0.4 is 50.7 Å². The number of benzene rings is 1. The molecule has 2 fully saturated rings. The molecule has 4 atom stereocenters. The maximum absolute atomic E-state index is 13.4. The molecule has 2 aromatic heterocycles. The maximum atomic E-state index is 13.4. The SMILES string of the molecule is CC1(C)S[C@H]2[C@@H](NC(=O)[C@H](NC(=O)c3c[nH]c4cccnc4c3=O)c3ccccc3)C(=O)N2[C@@H]1C(=O)[O-].[Na+]. The number of β-lactam (4-membered cyclic amide) rings is 1. The second kappa shape index (κ2) is 10.5. The molecule has 0 saturated carbocycles. The largest absolute Gasteiger partial charge is 1.00 e. The van der Waals surface area contributed by atoms with Gasteiger partial charge in [0, 0.05) is 17.1 Å². The number of H-pyrrole nitrogens is 1. The molecule has 0 radical (unpaired) electrons. The third-order valence-corrected chi connectivity index (χ3v) is 8.09. The van der Waals surface area contributed by atoms with Gasteiger partial charge in [0.1, 0.15) is 28.5 Å². The van der Waals surface area contributed by atoms with Crippen LogP contribution in [0.5, 0.6) is 0 Å². The Labute approximate surface area is 243 Å². The quantitative estimate of drug-likeness (QED) is 0.215. The van der Waals surface area contributed by atoms with E-state index in [1.807, 2.05) is 0 Å². The van der Waals surface area contributed by atoms with Crippen LogP contribution in [0.3, 0.4) is 0 Å². The number of amides is 3. The van der Waals surface area contributed by atoms with Gasteiger partial charge in [0.15, 0.2) is 0 Å². The summed E-state index contributed by atoms with van der Waals surface area (Å²) in [5.41, 5.74) is 0.150. The van der Waals surface area contributed by atoms with Gasteiger partial charge in [-0.3, -0.25) is 24.2 Å². The molecule has 0 spiro atoms. The van der Waals surface area contributed by atoms with Crippen LogP contribution in [-0.2, 0) is 14.4 Å². The van der Waals surface area contributed by atoms with Gasteiger partial charge < -0.3 is 30.4 Å². The summed E-state index contributed by atoms with van der Waals surface area (Å²) < 4.78 is -0.809. The number of fused-ring (bicyclic) bond motifs is 2. The fraction of sp³-hybridized carbons (Fsp3) is 0.280. The predicted molar refractivity (Wildman–Crippen MR) is 132 cm³/mol. The third kappa shape index (κ3) is 4.73. The van der Waals surface area contributed by atoms with Crippen LogP contribution in [0.4, 0.5) is 0 Å². The number of pyridine rings is 2. The van der Waals surface area contributed by atoms with Crippen molar-refractivity contribution in [2.24, 2.45) is 0 Å². The summed E-state index contributed by atoms with van der Waals surface area (Å²) in [5.74, 6) is -3.38. The smallest absolute Gasteiger partial charge is 0.548 e. The van der Waals surface area contributed by atoms with Crippen molar-refractivity contribution < 1.29 is 53.8 Å². The summed E-state index contributed by atoms with van der Waals surface area (Å²) in [4.78, 5) is 71.9. The van der Waals surface area contributed by atoms with Crippen LogP contribution in [0, 0.1) is 0 Å². The molecular weight excluding hydrogens is 521 g/mol. The van der Waals surface area contributed by atoms with E-state index in [9.17, 15) is 29.1 Å². The summed E-state index contributed by atoms with van der Waals surface area (Å²) in [5, 5.41) is 16.3. The number of nitrogens with one attached hydrogen (secondary N) is 3. The van der Waals surface area contributed by atoms with Crippen molar-refractivity contribution in [1.82, 2.24) is 25.5 Å². The molecule has 5 rings (SSSR count). The van der Waals surface area contributed by atoms with Crippen LogP contribution in [0.1, 0.15) is 35.8 Å². The van der Waals surface area contributed by atoms with Crippen LogP contribution >= 0.6 is 11.8 Å². The Morgan fingerprint density at radius 3 is 2.53 bits per heavy atom. The Bertz CT molecular complexity index is 1500. The van der Waals surface area contributed by atoms with Gasteiger partial charge in [-0.15, -0.1) is 11.8 Å². The number of carboxylic acids is 1. The molecule has 0 unspecified atom stereocenters. The van der Waals surface area contributed by atoms with Gasteiger partial charge >= 0.3 is 29.6 Å². The molecule has 0 bridgehead atoms. The van der Waals surface area contributed by atoms with E-state index >= 15 is 0 Å². The number of hydrogen-bond donors (Lipinski definition) is 3. The molecule has 4 heterocycles. The number of aromatic nitrogens is 2. The molecule has 3 N–H and O–H groups in total. The molecule has 13 heteroatoms. The molecule has 2 aliphatic heterocycles. The first kappa shape index (κ1) is 27.8. The van der Waals surface area contributed by atoms with Crippen molar-refractivity contribution in [2.45, 2.75) is 42.1 Å². The topological polar surface area (TPSA) is 164 Å². The van der Waals surface area contributed by atoms with Crippen molar-refractivity contribution in [1.29, 1.82) is 0 Å². The summed E-state index contributed by atoms with van der Waals surface area (Å²) in [6, 6.07) is 8.34. The van der Waals surface area contributed by atoms with Crippen molar-refractivity contribution in [2.75, 3.05) is 0 Å². The van der Waals surface area contributed by atoms with E-state index in [-0.39, 0.29) is 40.6 Å². The Kier molecular flexibility index (Phi) is 7.71. The maximum Gasteiger partial charge on any atom is 1.00 e. The average Bonchev–Trinajstić information content (AvgIpc) is 3.14. The van der Waals surface area contributed by atoms with Crippen molar-refractivity contribution in [3.8, 4) is 0 Å². The Hall–Kier alpha value is -3.19. The predicted octanol–water partition coefficient (Wildman–Crippen LogP) is -3.30. The van der Waals surface area contributed by atoms with E-state index in [4.69, 9.17) is 0 Å². The second-order valence-corrected chi connectivity index (χ2v) is 11.1. The summed E-state index contributed by atoms with van der Waals surface area (Å²) >= 11 is 1.26. The number of carboxylic acid groups (broad SMARTS) is 1. The van der Waals surface area contributed by atoms with E-state index in [1.165, 1.54) is 29.1 Å². The van der Waals surface area contributed by atoms with E-state index in [0.717, 1.165) is 0 Å². The molecule has 2 saturated heterocycles. The minimum atomic E-state index is -1.36. The van der Waals surface area contributed by atoms with Gasteiger partial charge in [0.25, 0.3) is 5.91 Å². The molecular formula is C25H22N5NaO6S.